The minimum absolute atomic E-state index is 0.350. The fourth-order valence-corrected chi connectivity index (χ4v) is 2.67. The summed E-state index contributed by atoms with van der Waals surface area (Å²) in [4.78, 5) is 15.5. The Morgan fingerprint density at radius 3 is 2.54 bits per heavy atom. The van der Waals surface area contributed by atoms with Crippen LogP contribution in [-0.2, 0) is 0 Å². The van der Waals surface area contributed by atoms with Crippen LogP contribution in [0.5, 0.6) is 17.2 Å². The monoisotopic (exact) mass is 379 g/mol. The SMILES string of the molecule is C=CCOc1ccc(/C=N/NC(=O)c2cc3c(OC)ccc(OC)c3[nH]2)cc1. The third kappa shape index (κ3) is 4.15. The zero-order valence-electron chi connectivity index (χ0n) is 15.7. The molecule has 0 bridgehead atoms. The third-order valence-corrected chi connectivity index (χ3v) is 4.03. The van der Waals surface area contributed by atoms with Crippen LogP contribution in [0.15, 0.2) is 60.2 Å². The van der Waals surface area contributed by atoms with Gasteiger partial charge in [0, 0.05) is 5.39 Å². The Morgan fingerprint density at radius 1 is 1.14 bits per heavy atom. The Bertz CT molecular complexity index is 965. The van der Waals surface area contributed by atoms with Gasteiger partial charge < -0.3 is 19.2 Å². The minimum Gasteiger partial charge on any atom is -0.496 e. The first-order valence-corrected chi connectivity index (χ1v) is 8.57. The van der Waals surface area contributed by atoms with Crippen molar-refractivity contribution in [2.45, 2.75) is 0 Å². The number of H-pyrrole nitrogens is 1. The molecule has 0 atom stereocenters. The number of benzene rings is 2. The van der Waals surface area contributed by atoms with Crippen molar-refractivity contribution in [2.75, 3.05) is 20.8 Å². The van der Waals surface area contributed by atoms with Gasteiger partial charge in [0.25, 0.3) is 5.91 Å². The number of aromatic nitrogens is 1. The number of hydrazone groups is 1. The number of methoxy groups -OCH3 is 2. The van der Waals surface area contributed by atoms with Gasteiger partial charge in [-0.15, -0.1) is 0 Å². The number of fused-ring (bicyclic) bond motifs is 1. The molecule has 0 unspecified atom stereocenters. The second-order valence-corrected chi connectivity index (χ2v) is 5.81. The standard InChI is InChI=1S/C21H21N3O4/c1-4-11-28-15-7-5-14(6-8-15)13-22-24-21(25)17-12-16-18(26-2)9-10-19(27-3)20(16)23-17/h4-10,12-13,23H,1,11H2,2-3H3,(H,24,25)/b22-13+. The van der Waals surface area contributed by atoms with Crippen LogP contribution in [0, 0.1) is 0 Å². The van der Waals surface area contributed by atoms with Crippen molar-refractivity contribution in [1.29, 1.82) is 0 Å². The van der Waals surface area contributed by atoms with Gasteiger partial charge in [-0.2, -0.15) is 5.10 Å². The van der Waals surface area contributed by atoms with Gasteiger partial charge in [0.1, 0.15) is 29.5 Å². The molecular weight excluding hydrogens is 358 g/mol. The van der Waals surface area contributed by atoms with Gasteiger partial charge in [0.05, 0.1) is 26.0 Å². The van der Waals surface area contributed by atoms with Crippen molar-refractivity contribution in [3.05, 3.63) is 66.4 Å². The number of aromatic amines is 1. The molecule has 2 N–H and O–H groups in total. The first-order chi connectivity index (χ1) is 13.7. The highest BCUT2D eigenvalue weighted by atomic mass is 16.5. The zero-order chi connectivity index (χ0) is 19.9. The summed E-state index contributed by atoms with van der Waals surface area (Å²) in [7, 11) is 3.14. The Hall–Kier alpha value is -3.74. The maximum Gasteiger partial charge on any atom is 0.287 e. The van der Waals surface area contributed by atoms with E-state index < -0.39 is 0 Å². The number of carbonyl (C=O) groups excluding carboxylic acids is 1. The molecule has 0 radical (unpaired) electrons. The average molecular weight is 379 g/mol. The summed E-state index contributed by atoms with van der Waals surface area (Å²) in [6.07, 6.45) is 3.24. The summed E-state index contributed by atoms with van der Waals surface area (Å²) < 4.78 is 16.1. The fourth-order valence-electron chi connectivity index (χ4n) is 2.67. The van der Waals surface area contributed by atoms with Crippen LogP contribution in [0.2, 0.25) is 0 Å². The van der Waals surface area contributed by atoms with Crippen molar-refractivity contribution in [2.24, 2.45) is 5.10 Å². The molecule has 28 heavy (non-hydrogen) atoms. The lowest BCUT2D eigenvalue weighted by atomic mass is 10.2. The molecule has 144 valence electrons. The van der Waals surface area contributed by atoms with Crippen molar-refractivity contribution >= 4 is 23.0 Å². The molecular formula is C21H21N3O4. The van der Waals surface area contributed by atoms with Crippen LogP contribution in [0.25, 0.3) is 10.9 Å². The topological polar surface area (TPSA) is 84.9 Å². The van der Waals surface area contributed by atoms with E-state index in [0.717, 1.165) is 16.7 Å². The molecule has 0 saturated heterocycles. The molecule has 0 fully saturated rings. The van der Waals surface area contributed by atoms with Crippen LogP contribution >= 0.6 is 0 Å². The van der Waals surface area contributed by atoms with E-state index in [9.17, 15) is 4.79 Å². The number of ether oxygens (including phenoxy) is 3. The highest BCUT2D eigenvalue weighted by Crippen LogP contribution is 2.33. The number of amides is 1. The Labute approximate surface area is 162 Å². The van der Waals surface area contributed by atoms with Gasteiger partial charge in [0.15, 0.2) is 0 Å². The molecule has 0 aliphatic heterocycles. The molecule has 1 heterocycles. The smallest absolute Gasteiger partial charge is 0.287 e. The summed E-state index contributed by atoms with van der Waals surface area (Å²) in [5.41, 5.74) is 4.37. The first-order valence-electron chi connectivity index (χ1n) is 8.57. The zero-order valence-corrected chi connectivity index (χ0v) is 15.7. The maximum absolute atomic E-state index is 12.4. The van der Waals surface area contributed by atoms with E-state index in [1.807, 2.05) is 24.3 Å². The number of hydrogen-bond acceptors (Lipinski definition) is 5. The first kappa shape index (κ1) is 19.0. The normalized spacial score (nSPS) is 10.8. The number of carbonyl (C=O) groups is 1. The third-order valence-electron chi connectivity index (χ3n) is 4.03. The Kier molecular flexibility index (Phi) is 5.96. The molecule has 0 saturated carbocycles. The van der Waals surface area contributed by atoms with Gasteiger partial charge >= 0.3 is 0 Å². The molecule has 1 amide bonds. The highest BCUT2D eigenvalue weighted by Gasteiger charge is 2.15. The molecule has 0 aliphatic carbocycles. The quantitative estimate of drug-likeness (QED) is 0.356. The predicted molar refractivity (Wildman–Crippen MR) is 109 cm³/mol. The Morgan fingerprint density at radius 2 is 1.86 bits per heavy atom. The molecule has 3 aromatic rings. The molecule has 1 aromatic heterocycles. The van der Waals surface area contributed by atoms with Crippen LogP contribution < -0.4 is 19.6 Å². The maximum atomic E-state index is 12.4. The lowest BCUT2D eigenvalue weighted by Gasteiger charge is -2.05. The van der Waals surface area contributed by atoms with Gasteiger partial charge in [-0.3, -0.25) is 4.79 Å². The molecule has 3 rings (SSSR count). The van der Waals surface area contributed by atoms with E-state index in [1.165, 1.54) is 0 Å². The van der Waals surface area contributed by atoms with Crippen LogP contribution in [0.3, 0.4) is 0 Å². The lowest BCUT2D eigenvalue weighted by molar-refractivity contribution is 0.0951. The average Bonchev–Trinajstić information content (AvgIpc) is 3.18. The molecule has 0 spiro atoms. The summed E-state index contributed by atoms with van der Waals surface area (Å²) in [5, 5.41) is 4.76. The molecule has 7 nitrogen and oxygen atoms in total. The summed E-state index contributed by atoms with van der Waals surface area (Å²) in [6, 6.07) is 12.6. The van der Waals surface area contributed by atoms with E-state index in [1.54, 1.807) is 44.7 Å². The number of rotatable bonds is 8. The fraction of sp³-hybridized carbons (Fsp3) is 0.143. The summed E-state index contributed by atoms with van der Waals surface area (Å²) in [5.74, 6) is 1.63. The van der Waals surface area contributed by atoms with Gasteiger partial charge in [0.2, 0.25) is 0 Å². The van der Waals surface area contributed by atoms with E-state index >= 15 is 0 Å². The van der Waals surface area contributed by atoms with Crippen LogP contribution in [-0.4, -0.2) is 37.9 Å². The number of nitrogens with zero attached hydrogens (tertiary/aromatic N) is 1. The van der Waals surface area contributed by atoms with Crippen LogP contribution in [0.4, 0.5) is 0 Å². The summed E-state index contributed by atoms with van der Waals surface area (Å²) in [6.45, 7) is 4.05. The molecule has 2 aromatic carbocycles. The van der Waals surface area contributed by atoms with Crippen LogP contribution in [0.1, 0.15) is 16.1 Å². The van der Waals surface area contributed by atoms with Crippen molar-refractivity contribution in [1.82, 2.24) is 10.4 Å². The summed E-state index contributed by atoms with van der Waals surface area (Å²) >= 11 is 0. The van der Waals surface area contributed by atoms with Crippen molar-refractivity contribution in [3.8, 4) is 17.2 Å². The highest BCUT2D eigenvalue weighted by molar-refractivity contribution is 6.01. The second kappa shape index (κ2) is 8.77. The van der Waals surface area contributed by atoms with Gasteiger partial charge in [-0.1, -0.05) is 12.7 Å². The van der Waals surface area contributed by atoms with E-state index in [4.69, 9.17) is 14.2 Å². The van der Waals surface area contributed by atoms with Gasteiger partial charge in [-0.25, -0.2) is 5.43 Å². The molecule has 7 heteroatoms. The second-order valence-electron chi connectivity index (χ2n) is 5.81. The number of hydrogen-bond donors (Lipinski definition) is 2. The van der Waals surface area contributed by atoms with Crippen molar-refractivity contribution in [3.63, 3.8) is 0 Å². The number of nitrogens with one attached hydrogen (secondary N) is 2. The van der Waals surface area contributed by atoms with E-state index in [0.29, 0.717) is 29.3 Å². The Balaban J connectivity index is 1.71. The molecule has 0 aliphatic rings. The van der Waals surface area contributed by atoms with E-state index in [2.05, 4.69) is 22.1 Å². The largest absolute Gasteiger partial charge is 0.496 e. The lowest BCUT2D eigenvalue weighted by Crippen LogP contribution is -2.17. The predicted octanol–water partition coefficient (Wildman–Crippen LogP) is 3.51. The van der Waals surface area contributed by atoms with Gasteiger partial charge in [-0.05, 0) is 48.0 Å². The van der Waals surface area contributed by atoms with E-state index in [-0.39, 0.29) is 5.91 Å². The van der Waals surface area contributed by atoms with Crippen molar-refractivity contribution < 1.29 is 19.0 Å². The minimum atomic E-state index is -0.373.